The number of rotatable bonds is 3. The van der Waals surface area contributed by atoms with Crippen molar-refractivity contribution in [3.05, 3.63) is 71.2 Å². The monoisotopic (exact) mass is 317 g/mol. The molecule has 0 amide bonds. The van der Waals surface area contributed by atoms with Gasteiger partial charge in [-0.2, -0.15) is 0 Å². The highest BCUT2D eigenvalue weighted by atomic mass is 32.1. The van der Waals surface area contributed by atoms with E-state index in [0.717, 1.165) is 21.8 Å². The Bertz CT molecular complexity index is 999. The minimum atomic E-state index is 0.869. The van der Waals surface area contributed by atoms with Crippen LogP contribution in [0.1, 0.15) is 10.6 Å². The first kappa shape index (κ1) is 14.0. The van der Waals surface area contributed by atoms with E-state index in [9.17, 15) is 0 Å². The molecule has 0 fully saturated rings. The van der Waals surface area contributed by atoms with Crippen LogP contribution in [0.5, 0.6) is 5.75 Å². The average Bonchev–Trinajstić information content (AvgIpc) is 3.04. The molecule has 3 heteroatoms. The van der Waals surface area contributed by atoms with Crippen LogP contribution in [0.15, 0.2) is 60.7 Å². The van der Waals surface area contributed by atoms with Crippen molar-refractivity contribution in [2.45, 2.75) is 0 Å². The van der Waals surface area contributed by atoms with Crippen molar-refractivity contribution < 1.29 is 4.74 Å². The lowest BCUT2D eigenvalue weighted by atomic mass is 10.1. The van der Waals surface area contributed by atoms with E-state index in [1.165, 1.54) is 15.5 Å². The average molecular weight is 317 g/mol. The minimum absolute atomic E-state index is 0.869. The van der Waals surface area contributed by atoms with Gasteiger partial charge in [0, 0.05) is 5.39 Å². The van der Waals surface area contributed by atoms with Crippen LogP contribution >= 0.6 is 11.3 Å². The SMILES string of the molecule is COc1ccc(C=Cc2nc3c(ccc4ccccc43)s2)cc1. The van der Waals surface area contributed by atoms with Crippen LogP contribution in [0.4, 0.5) is 0 Å². The predicted molar refractivity (Wildman–Crippen MR) is 99.0 cm³/mol. The van der Waals surface area contributed by atoms with Gasteiger partial charge < -0.3 is 4.74 Å². The number of aromatic nitrogens is 1. The summed E-state index contributed by atoms with van der Waals surface area (Å²) in [5.74, 6) is 0.869. The van der Waals surface area contributed by atoms with Crippen molar-refractivity contribution >= 4 is 44.5 Å². The number of ether oxygens (including phenoxy) is 1. The third-order valence-corrected chi connectivity index (χ3v) is 4.82. The second-order valence-electron chi connectivity index (χ2n) is 5.29. The molecule has 0 aliphatic rings. The highest BCUT2D eigenvalue weighted by molar-refractivity contribution is 7.19. The topological polar surface area (TPSA) is 22.1 Å². The molecule has 0 saturated heterocycles. The van der Waals surface area contributed by atoms with Crippen molar-refractivity contribution in [2.24, 2.45) is 0 Å². The normalized spacial score (nSPS) is 11.5. The summed E-state index contributed by atoms with van der Waals surface area (Å²) in [4.78, 5) is 4.80. The van der Waals surface area contributed by atoms with Gasteiger partial charge in [0.25, 0.3) is 0 Å². The first-order valence-corrected chi connectivity index (χ1v) is 8.25. The van der Waals surface area contributed by atoms with Gasteiger partial charge in [-0.25, -0.2) is 4.98 Å². The highest BCUT2D eigenvalue weighted by Gasteiger charge is 2.05. The molecule has 4 rings (SSSR count). The fourth-order valence-electron chi connectivity index (χ4n) is 2.63. The van der Waals surface area contributed by atoms with Crippen LogP contribution in [0.3, 0.4) is 0 Å². The molecular formula is C20H15NOS. The van der Waals surface area contributed by atoms with E-state index in [1.54, 1.807) is 18.4 Å². The number of methoxy groups -OCH3 is 1. The van der Waals surface area contributed by atoms with Crippen molar-refractivity contribution in [1.82, 2.24) is 4.98 Å². The maximum atomic E-state index is 5.18. The summed E-state index contributed by atoms with van der Waals surface area (Å²) in [6.07, 6.45) is 4.15. The first-order valence-electron chi connectivity index (χ1n) is 7.44. The van der Waals surface area contributed by atoms with Gasteiger partial charge >= 0.3 is 0 Å². The largest absolute Gasteiger partial charge is 0.497 e. The summed E-state index contributed by atoms with van der Waals surface area (Å²) in [6.45, 7) is 0. The van der Waals surface area contributed by atoms with Gasteiger partial charge in [-0.3, -0.25) is 0 Å². The lowest BCUT2D eigenvalue weighted by molar-refractivity contribution is 0.415. The van der Waals surface area contributed by atoms with E-state index < -0.39 is 0 Å². The summed E-state index contributed by atoms with van der Waals surface area (Å²) in [6, 6.07) is 20.7. The Kier molecular flexibility index (Phi) is 3.56. The minimum Gasteiger partial charge on any atom is -0.497 e. The van der Waals surface area contributed by atoms with Gasteiger partial charge in [0.2, 0.25) is 0 Å². The molecule has 4 aromatic rings. The summed E-state index contributed by atoms with van der Waals surface area (Å²) in [5, 5.41) is 3.47. The molecular weight excluding hydrogens is 302 g/mol. The maximum absolute atomic E-state index is 5.18. The zero-order valence-electron chi connectivity index (χ0n) is 12.7. The maximum Gasteiger partial charge on any atom is 0.118 e. The number of thiazole rings is 1. The second-order valence-corrected chi connectivity index (χ2v) is 6.35. The number of benzene rings is 3. The van der Waals surface area contributed by atoms with Gasteiger partial charge in [-0.15, -0.1) is 11.3 Å². The van der Waals surface area contributed by atoms with Crippen molar-refractivity contribution in [2.75, 3.05) is 7.11 Å². The number of nitrogens with zero attached hydrogens (tertiary/aromatic N) is 1. The smallest absolute Gasteiger partial charge is 0.118 e. The molecule has 0 unspecified atom stereocenters. The standard InChI is InChI=1S/C20H15NOS/c1-22-16-10-6-14(7-11-16)8-13-19-21-20-17-5-3-2-4-15(17)9-12-18(20)23-19/h2-13H,1H3. The van der Waals surface area contributed by atoms with Gasteiger partial charge in [0.05, 0.1) is 17.3 Å². The summed E-state index contributed by atoms with van der Waals surface area (Å²) < 4.78 is 6.40. The molecule has 23 heavy (non-hydrogen) atoms. The van der Waals surface area contributed by atoms with E-state index in [4.69, 9.17) is 9.72 Å². The molecule has 0 N–H and O–H groups in total. The molecule has 0 atom stereocenters. The van der Waals surface area contributed by atoms with Crippen molar-refractivity contribution in [3.63, 3.8) is 0 Å². The van der Waals surface area contributed by atoms with E-state index in [0.29, 0.717) is 0 Å². The Morgan fingerprint density at radius 2 is 1.74 bits per heavy atom. The molecule has 0 radical (unpaired) electrons. The molecule has 0 bridgehead atoms. The van der Waals surface area contributed by atoms with Crippen molar-refractivity contribution in [3.8, 4) is 5.75 Å². The van der Waals surface area contributed by atoms with Crippen LogP contribution < -0.4 is 4.74 Å². The number of hydrogen-bond donors (Lipinski definition) is 0. The van der Waals surface area contributed by atoms with Gasteiger partial charge in [-0.05, 0) is 35.2 Å². The Morgan fingerprint density at radius 1 is 0.913 bits per heavy atom. The van der Waals surface area contributed by atoms with Crippen LogP contribution in [0.2, 0.25) is 0 Å². The van der Waals surface area contributed by atoms with Gasteiger partial charge in [-0.1, -0.05) is 48.5 Å². The third kappa shape index (κ3) is 2.71. The Balaban J connectivity index is 1.71. The van der Waals surface area contributed by atoms with E-state index in [1.807, 2.05) is 24.3 Å². The molecule has 0 aliphatic heterocycles. The predicted octanol–water partition coefficient (Wildman–Crippen LogP) is 5.63. The number of hydrogen-bond acceptors (Lipinski definition) is 3. The summed E-state index contributed by atoms with van der Waals surface area (Å²) >= 11 is 1.72. The summed E-state index contributed by atoms with van der Waals surface area (Å²) in [5.41, 5.74) is 2.22. The van der Waals surface area contributed by atoms with E-state index in [2.05, 4.69) is 48.6 Å². The molecule has 0 spiro atoms. The quantitative estimate of drug-likeness (QED) is 0.488. The van der Waals surface area contributed by atoms with E-state index in [-0.39, 0.29) is 0 Å². The fourth-order valence-corrected chi connectivity index (χ4v) is 3.52. The van der Waals surface area contributed by atoms with Crippen LogP contribution in [0.25, 0.3) is 33.1 Å². The lowest BCUT2D eigenvalue weighted by Crippen LogP contribution is -1.81. The molecule has 1 heterocycles. The first-order chi connectivity index (χ1) is 11.3. The molecule has 1 aromatic heterocycles. The fraction of sp³-hybridized carbons (Fsp3) is 0.0500. The summed E-state index contributed by atoms with van der Waals surface area (Å²) in [7, 11) is 1.68. The van der Waals surface area contributed by atoms with Gasteiger partial charge in [0.1, 0.15) is 10.8 Å². The molecule has 112 valence electrons. The van der Waals surface area contributed by atoms with Crippen LogP contribution in [-0.2, 0) is 0 Å². The molecule has 0 aliphatic carbocycles. The zero-order valence-corrected chi connectivity index (χ0v) is 13.5. The van der Waals surface area contributed by atoms with Crippen LogP contribution in [-0.4, -0.2) is 12.1 Å². The second kappa shape index (κ2) is 5.86. The highest BCUT2D eigenvalue weighted by Crippen LogP contribution is 2.30. The Hall–Kier alpha value is -2.65. The third-order valence-electron chi connectivity index (χ3n) is 3.83. The number of fused-ring (bicyclic) bond motifs is 3. The van der Waals surface area contributed by atoms with E-state index >= 15 is 0 Å². The Morgan fingerprint density at radius 3 is 2.57 bits per heavy atom. The lowest BCUT2D eigenvalue weighted by Gasteiger charge is -1.98. The zero-order chi connectivity index (χ0) is 15.6. The van der Waals surface area contributed by atoms with Crippen LogP contribution in [0, 0.1) is 0 Å². The molecule has 2 nitrogen and oxygen atoms in total. The Labute approximate surface area is 138 Å². The van der Waals surface area contributed by atoms with Gasteiger partial charge in [0.15, 0.2) is 0 Å². The molecule has 3 aromatic carbocycles. The molecule has 0 saturated carbocycles. The van der Waals surface area contributed by atoms with Crippen molar-refractivity contribution in [1.29, 1.82) is 0 Å².